The van der Waals surface area contributed by atoms with Crippen molar-refractivity contribution < 1.29 is 33.8 Å². The Morgan fingerprint density at radius 3 is 2.26 bits per heavy atom. The lowest BCUT2D eigenvalue weighted by atomic mass is 9.71. The second-order valence-electron chi connectivity index (χ2n) is 15.4. The first kappa shape index (κ1) is 39.0. The number of carbonyl (C=O) groups excluding carboxylic acids is 5. The first-order valence-corrected chi connectivity index (χ1v) is 18.2. The molecule has 3 aromatic carbocycles. The van der Waals surface area contributed by atoms with Gasteiger partial charge in [0, 0.05) is 13.0 Å². The van der Waals surface area contributed by atoms with Crippen LogP contribution in [0, 0.1) is 17.3 Å². The van der Waals surface area contributed by atoms with E-state index in [4.69, 9.17) is 10.5 Å². The molecule has 4 atom stereocenters. The molecule has 0 aromatic heterocycles. The predicted octanol–water partition coefficient (Wildman–Crippen LogP) is 3.47. The van der Waals surface area contributed by atoms with Gasteiger partial charge in [0.2, 0.25) is 23.6 Å². The molecule has 5 amide bonds. The van der Waals surface area contributed by atoms with Gasteiger partial charge in [0.05, 0.1) is 42.2 Å². The van der Waals surface area contributed by atoms with Gasteiger partial charge in [0.25, 0.3) is 5.91 Å². The highest BCUT2D eigenvalue weighted by Crippen LogP contribution is 2.35. The number of hydrogen-bond donors (Lipinski definition) is 6. The highest BCUT2D eigenvalue weighted by atomic mass is 16.5. The number of para-hydroxylation sites is 1. The number of rotatable bonds is 15. The number of amides is 5. The normalized spacial score (nSPS) is 17.8. The summed E-state index contributed by atoms with van der Waals surface area (Å²) in [5.41, 5.74) is 7.41. The molecule has 3 aromatic rings. The number of nitrogens with one attached hydrogen (secondary N) is 4. The van der Waals surface area contributed by atoms with Gasteiger partial charge < -0.3 is 36.8 Å². The Bertz CT molecular complexity index is 1790. The van der Waals surface area contributed by atoms with Crippen molar-refractivity contribution in [2.75, 3.05) is 19.8 Å². The second kappa shape index (κ2) is 17.1. The van der Waals surface area contributed by atoms with Crippen LogP contribution in [0.15, 0.2) is 78.9 Å². The quantitative estimate of drug-likeness (QED) is 0.138. The van der Waals surface area contributed by atoms with E-state index in [2.05, 4.69) is 27.3 Å². The lowest BCUT2D eigenvalue weighted by molar-refractivity contribution is -0.154. The van der Waals surface area contributed by atoms with E-state index in [1.165, 1.54) is 17.7 Å². The average molecular weight is 726 g/mol. The van der Waals surface area contributed by atoms with Crippen LogP contribution in [0.2, 0.25) is 0 Å². The number of carbonyl (C=O) groups is 5. The van der Waals surface area contributed by atoms with Crippen molar-refractivity contribution in [1.82, 2.24) is 21.3 Å². The number of benzene rings is 3. The van der Waals surface area contributed by atoms with E-state index in [9.17, 15) is 29.1 Å². The van der Waals surface area contributed by atoms with E-state index in [-0.39, 0.29) is 42.4 Å². The molecule has 7 N–H and O–H groups in total. The number of ether oxygens (including phenoxy) is 1. The Morgan fingerprint density at radius 1 is 0.925 bits per heavy atom. The van der Waals surface area contributed by atoms with Crippen LogP contribution in [0.1, 0.15) is 79.5 Å². The SMILES string of the molecule is CC(C)(C)CNC(=O)C[C@H](C(=O)N[C@@H](CCc1ccccc1)C(=O)N[C@@H]1CCCc2ccccc21)C(C(N)=O)C1(NC(=O)c2ccccc2O)COC1. The number of phenolic OH excluding ortho intramolecular Hbond substituents is 1. The summed E-state index contributed by atoms with van der Waals surface area (Å²) >= 11 is 0. The van der Waals surface area contributed by atoms with Gasteiger partial charge in [0.15, 0.2) is 0 Å². The highest BCUT2D eigenvalue weighted by molar-refractivity contribution is 5.99. The molecular weight excluding hydrogens is 674 g/mol. The van der Waals surface area contributed by atoms with E-state index >= 15 is 0 Å². The maximum absolute atomic E-state index is 14.6. The zero-order valence-corrected chi connectivity index (χ0v) is 30.7. The fourth-order valence-corrected chi connectivity index (χ4v) is 7.14. The molecule has 1 aliphatic carbocycles. The van der Waals surface area contributed by atoms with Crippen LogP contribution in [-0.2, 0) is 36.8 Å². The summed E-state index contributed by atoms with van der Waals surface area (Å²) in [6.45, 7) is 5.78. The third kappa shape index (κ3) is 10.0. The summed E-state index contributed by atoms with van der Waals surface area (Å²) in [5.74, 6) is -6.37. The Hall–Kier alpha value is -5.23. The molecule has 1 aliphatic heterocycles. The Labute approximate surface area is 310 Å². The third-order valence-corrected chi connectivity index (χ3v) is 9.98. The van der Waals surface area contributed by atoms with Crippen LogP contribution < -0.4 is 27.0 Å². The van der Waals surface area contributed by atoms with Crippen LogP contribution in [0.25, 0.3) is 0 Å². The smallest absolute Gasteiger partial charge is 0.255 e. The minimum absolute atomic E-state index is 0.0483. The monoisotopic (exact) mass is 725 g/mol. The zero-order chi connectivity index (χ0) is 38.2. The zero-order valence-electron chi connectivity index (χ0n) is 30.7. The second-order valence-corrected chi connectivity index (χ2v) is 15.4. The number of phenols is 1. The van der Waals surface area contributed by atoms with Gasteiger partial charge in [-0.1, -0.05) is 87.5 Å². The summed E-state index contributed by atoms with van der Waals surface area (Å²) in [5, 5.41) is 22.1. The molecule has 1 saturated heterocycles. The van der Waals surface area contributed by atoms with E-state index in [1.54, 1.807) is 12.1 Å². The van der Waals surface area contributed by atoms with E-state index in [1.807, 2.05) is 69.3 Å². The molecular formula is C41H51N5O7. The first-order valence-electron chi connectivity index (χ1n) is 18.2. The molecule has 0 spiro atoms. The van der Waals surface area contributed by atoms with Crippen LogP contribution in [0.4, 0.5) is 0 Å². The molecule has 0 saturated carbocycles. The third-order valence-electron chi connectivity index (χ3n) is 9.98. The number of aryl methyl sites for hydroxylation is 2. The van der Waals surface area contributed by atoms with Crippen molar-refractivity contribution in [3.63, 3.8) is 0 Å². The molecule has 1 fully saturated rings. The van der Waals surface area contributed by atoms with Crippen LogP contribution in [0.5, 0.6) is 5.75 Å². The van der Waals surface area contributed by atoms with Crippen molar-refractivity contribution in [3.8, 4) is 5.75 Å². The molecule has 12 nitrogen and oxygen atoms in total. The Balaban J connectivity index is 1.45. The lowest BCUT2D eigenvalue weighted by Gasteiger charge is -2.48. The molecule has 5 rings (SSSR count). The van der Waals surface area contributed by atoms with Crippen molar-refractivity contribution in [1.29, 1.82) is 0 Å². The fraction of sp³-hybridized carbons (Fsp3) is 0.439. The number of aromatic hydroxyl groups is 1. The fourth-order valence-electron chi connectivity index (χ4n) is 7.14. The van der Waals surface area contributed by atoms with E-state index in [0.717, 1.165) is 30.4 Å². The largest absolute Gasteiger partial charge is 0.507 e. The number of hydrogen-bond acceptors (Lipinski definition) is 7. The molecule has 282 valence electrons. The van der Waals surface area contributed by atoms with Gasteiger partial charge in [-0.15, -0.1) is 0 Å². The van der Waals surface area contributed by atoms with Gasteiger partial charge >= 0.3 is 0 Å². The van der Waals surface area contributed by atoms with Crippen molar-refractivity contribution >= 4 is 29.5 Å². The molecule has 2 aliphatic rings. The Kier molecular flexibility index (Phi) is 12.6. The van der Waals surface area contributed by atoms with Gasteiger partial charge in [0.1, 0.15) is 11.8 Å². The first-order chi connectivity index (χ1) is 25.3. The number of nitrogens with two attached hydrogens (primary N) is 1. The lowest BCUT2D eigenvalue weighted by Crippen LogP contribution is -2.71. The number of fused-ring (bicyclic) bond motifs is 1. The van der Waals surface area contributed by atoms with Crippen LogP contribution in [0.3, 0.4) is 0 Å². The standard InChI is InChI=1S/C41H51N5O7/c1-40(2,3)23-43-34(48)22-30(35(36(42)49)41(24-53-25-41)46-38(51)29-17-9-10-19-33(29)47)37(50)45-32(21-20-26-12-5-4-6-13-26)39(52)44-31-18-11-15-27-14-7-8-16-28(27)31/h4-10,12-14,16-17,19,30-32,35,47H,11,15,18,20-25H2,1-3H3,(H2,42,49)(H,43,48)(H,44,52)(H,45,50)(H,46,51)/t30-,31+,32-,35?/m0/s1. The molecule has 12 heteroatoms. The molecule has 1 unspecified atom stereocenters. The summed E-state index contributed by atoms with van der Waals surface area (Å²) in [6.07, 6.45) is 2.79. The molecule has 0 bridgehead atoms. The van der Waals surface area contributed by atoms with Crippen LogP contribution >= 0.6 is 0 Å². The van der Waals surface area contributed by atoms with Gasteiger partial charge in [-0.25, -0.2) is 0 Å². The van der Waals surface area contributed by atoms with E-state index < -0.39 is 59.4 Å². The van der Waals surface area contributed by atoms with Crippen molar-refractivity contribution in [2.24, 2.45) is 23.0 Å². The summed E-state index contributed by atoms with van der Waals surface area (Å²) in [4.78, 5) is 69.1. The minimum Gasteiger partial charge on any atom is -0.507 e. The summed E-state index contributed by atoms with van der Waals surface area (Å²) in [6, 6.07) is 22.2. The number of primary amides is 1. The molecule has 0 radical (unpaired) electrons. The van der Waals surface area contributed by atoms with Crippen LogP contribution in [-0.4, -0.2) is 66.0 Å². The maximum atomic E-state index is 14.6. The maximum Gasteiger partial charge on any atom is 0.255 e. The van der Waals surface area contributed by atoms with Crippen molar-refractivity contribution in [3.05, 3.63) is 101 Å². The molecule has 53 heavy (non-hydrogen) atoms. The van der Waals surface area contributed by atoms with Crippen molar-refractivity contribution in [2.45, 2.75) is 76.9 Å². The van der Waals surface area contributed by atoms with Gasteiger partial charge in [-0.3, -0.25) is 24.0 Å². The topological polar surface area (TPSA) is 189 Å². The summed E-state index contributed by atoms with van der Waals surface area (Å²) < 4.78 is 5.50. The summed E-state index contributed by atoms with van der Waals surface area (Å²) in [7, 11) is 0. The Morgan fingerprint density at radius 2 is 1.60 bits per heavy atom. The highest BCUT2D eigenvalue weighted by Gasteiger charge is 2.55. The van der Waals surface area contributed by atoms with Gasteiger partial charge in [-0.2, -0.15) is 0 Å². The minimum atomic E-state index is -1.48. The van der Waals surface area contributed by atoms with Gasteiger partial charge in [-0.05, 0) is 66.3 Å². The molecule has 1 heterocycles. The van der Waals surface area contributed by atoms with E-state index in [0.29, 0.717) is 13.0 Å². The average Bonchev–Trinajstić information content (AvgIpc) is 3.11. The predicted molar refractivity (Wildman–Crippen MR) is 199 cm³/mol.